The van der Waals surface area contributed by atoms with Crippen LogP contribution in [0.4, 0.5) is 5.69 Å². The lowest BCUT2D eigenvalue weighted by atomic mass is 10.2. The van der Waals surface area contributed by atoms with Crippen LogP contribution >= 0.6 is 11.8 Å². The fourth-order valence-corrected chi connectivity index (χ4v) is 3.44. The van der Waals surface area contributed by atoms with Gasteiger partial charge < -0.3 is 4.57 Å². The van der Waals surface area contributed by atoms with Gasteiger partial charge in [0.15, 0.2) is 0 Å². The number of nitro benzene ring substituents is 1. The van der Waals surface area contributed by atoms with Crippen LogP contribution in [0.5, 0.6) is 0 Å². The van der Waals surface area contributed by atoms with E-state index in [0.29, 0.717) is 12.0 Å². The van der Waals surface area contributed by atoms with Crippen molar-refractivity contribution in [2.45, 2.75) is 23.6 Å². The van der Waals surface area contributed by atoms with Gasteiger partial charge in [-0.05, 0) is 36.8 Å². The average molecular weight is 393 g/mol. The summed E-state index contributed by atoms with van der Waals surface area (Å²) in [7, 11) is 0. The van der Waals surface area contributed by atoms with E-state index in [-0.39, 0.29) is 11.6 Å². The maximum absolute atomic E-state index is 12.6. The van der Waals surface area contributed by atoms with Crippen molar-refractivity contribution in [2.24, 2.45) is 4.99 Å². The van der Waals surface area contributed by atoms with Crippen LogP contribution in [0.2, 0.25) is 0 Å². The molecule has 0 radical (unpaired) electrons. The molecule has 0 spiro atoms. The zero-order valence-corrected chi connectivity index (χ0v) is 16.1. The number of pyridine rings is 1. The number of hydrogen-bond donors (Lipinski definition) is 0. The SMILES string of the molecule is CC(Sc1ccc([N+](=O)[O-])cc1)C(=O)N=c1ccccn1Cc1ccccc1. The number of aromatic nitrogens is 1. The molecule has 0 aliphatic heterocycles. The smallest absolute Gasteiger partial charge is 0.269 e. The Morgan fingerprint density at radius 1 is 1.07 bits per heavy atom. The number of benzene rings is 2. The molecule has 7 heteroatoms. The van der Waals surface area contributed by atoms with Gasteiger partial charge in [0.05, 0.1) is 10.2 Å². The number of carbonyl (C=O) groups is 1. The maximum Gasteiger partial charge on any atom is 0.269 e. The van der Waals surface area contributed by atoms with Gasteiger partial charge in [-0.1, -0.05) is 36.4 Å². The number of thioether (sulfide) groups is 1. The van der Waals surface area contributed by atoms with Gasteiger partial charge >= 0.3 is 0 Å². The van der Waals surface area contributed by atoms with Crippen LogP contribution in [-0.2, 0) is 11.3 Å². The molecule has 1 amide bonds. The normalized spacial score (nSPS) is 12.5. The largest absolute Gasteiger partial charge is 0.328 e. The molecule has 6 nitrogen and oxygen atoms in total. The maximum atomic E-state index is 12.6. The van der Waals surface area contributed by atoms with Crippen LogP contribution < -0.4 is 5.49 Å². The Labute approximate surface area is 166 Å². The predicted octanol–water partition coefficient (Wildman–Crippen LogP) is 4.05. The summed E-state index contributed by atoms with van der Waals surface area (Å²) in [5.74, 6) is -0.253. The summed E-state index contributed by atoms with van der Waals surface area (Å²) in [4.78, 5) is 28.0. The Morgan fingerprint density at radius 2 is 1.75 bits per heavy atom. The molecule has 1 atom stereocenters. The van der Waals surface area contributed by atoms with Crippen LogP contribution in [0, 0.1) is 10.1 Å². The van der Waals surface area contributed by atoms with Crippen LogP contribution in [0.25, 0.3) is 0 Å². The second kappa shape index (κ2) is 9.14. The van der Waals surface area contributed by atoms with E-state index < -0.39 is 10.2 Å². The molecular weight excluding hydrogens is 374 g/mol. The van der Waals surface area contributed by atoms with E-state index in [1.807, 2.05) is 59.3 Å². The molecule has 142 valence electrons. The molecule has 1 heterocycles. The highest BCUT2D eigenvalue weighted by atomic mass is 32.2. The number of amides is 1. The van der Waals surface area contributed by atoms with Gasteiger partial charge in [0.2, 0.25) is 0 Å². The molecule has 1 aromatic heterocycles. The van der Waals surface area contributed by atoms with Crippen molar-refractivity contribution in [3.05, 3.63) is 100 Å². The molecule has 0 aliphatic carbocycles. The average Bonchev–Trinajstić information content (AvgIpc) is 2.70. The lowest BCUT2D eigenvalue weighted by Crippen LogP contribution is -2.24. The van der Waals surface area contributed by atoms with E-state index in [1.54, 1.807) is 19.1 Å². The van der Waals surface area contributed by atoms with Crippen molar-refractivity contribution < 1.29 is 9.72 Å². The van der Waals surface area contributed by atoms with Crippen molar-refractivity contribution in [1.29, 1.82) is 0 Å². The predicted molar refractivity (Wildman–Crippen MR) is 109 cm³/mol. The molecule has 0 saturated carbocycles. The Balaban J connectivity index is 1.75. The van der Waals surface area contributed by atoms with E-state index in [2.05, 4.69) is 4.99 Å². The Hall–Kier alpha value is -3.19. The van der Waals surface area contributed by atoms with E-state index >= 15 is 0 Å². The molecule has 1 unspecified atom stereocenters. The molecule has 3 aromatic rings. The molecule has 0 bridgehead atoms. The second-order valence-electron chi connectivity index (χ2n) is 6.13. The van der Waals surface area contributed by atoms with E-state index in [0.717, 1.165) is 10.5 Å². The van der Waals surface area contributed by atoms with Gasteiger partial charge in [0.1, 0.15) is 5.49 Å². The van der Waals surface area contributed by atoms with E-state index in [1.165, 1.54) is 23.9 Å². The summed E-state index contributed by atoms with van der Waals surface area (Å²) in [6.45, 7) is 2.40. The minimum Gasteiger partial charge on any atom is -0.328 e. The van der Waals surface area contributed by atoms with Crippen LogP contribution in [0.15, 0.2) is 88.9 Å². The topological polar surface area (TPSA) is 77.5 Å². The third kappa shape index (κ3) is 5.17. The molecule has 0 fully saturated rings. The molecule has 28 heavy (non-hydrogen) atoms. The standard InChI is InChI=1S/C21H19N3O3S/c1-16(28-19-12-10-18(11-13-19)24(26)27)21(25)22-20-9-5-6-14-23(20)15-17-7-3-2-4-8-17/h2-14,16H,15H2,1H3. The first kappa shape index (κ1) is 19.6. The van der Waals surface area contributed by atoms with Gasteiger partial charge in [-0.2, -0.15) is 4.99 Å². The third-order valence-electron chi connectivity index (χ3n) is 4.05. The summed E-state index contributed by atoms with van der Waals surface area (Å²) >= 11 is 1.33. The minimum absolute atomic E-state index is 0.0271. The zero-order valence-electron chi connectivity index (χ0n) is 15.3. The summed E-state index contributed by atoms with van der Waals surface area (Å²) in [6.07, 6.45) is 1.90. The monoisotopic (exact) mass is 393 g/mol. The Bertz CT molecular complexity index is 1030. The van der Waals surface area contributed by atoms with Gasteiger partial charge in [0, 0.05) is 29.8 Å². The first-order chi connectivity index (χ1) is 13.5. The van der Waals surface area contributed by atoms with Crippen molar-refractivity contribution in [3.8, 4) is 0 Å². The lowest BCUT2D eigenvalue weighted by Gasteiger charge is -2.09. The van der Waals surface area contributed by atoms with Gasteiger partial charge in [-0.3, -0.25) is 14.9 Å². The van der Waals surface area contributed by atoms with Crippen molar-refractivity contribution in [1.82, 2.24) is 4.57 Å². The number of hydrogen-bond acceptors (Lipinski definition) is 4. The zero-order chi connectivity index (χ0) is 19.9. The Kier molecular flexibility index (Phi) is 6.39. The second-order valence-corrected chi connectivity index (χ2v) is 7.55. The first-order valence-corrected chi connectivity index (χ1v) is 9.60. The summed E-state index contributed by atoms with van der Waals surface area (Å²) < 4.78 is 1.93. The van der Waals surface area contributed by atoms with Crippen molar-refractivity contribution in [2.75, 3.05) is 0 Å². The number of nitrogens with zero attached hydrogens (tertiary/aromatic N) is 3. The third-order valence-corrected chi connectivity index (χ3v) is 5.14. The van der Waals surface area contributed by atoms with Crippen LogP contribution in [-0.4, -0.2) is 20.6 Å². The van der Waals surface area contributed by atoms with Gasteiger partial charge in [-0.25, -0.2) is 0 Å². The van der Waals surface area contributed by atoms with E-state index in [4.69, 9.17) is 0 Å². The van der Waals surface area contributed by atoms with Crippen molar-refractivity contribution in [3.63, 3.8) is 0 Å². The fourth-order valence-electron chi connectivity index (χ4n) is 2.59. The number of rotatable bonds is 6. The van der Waals surface area contributed by atoms with Gasteiger partial charge in [-0.15, -0.1) is 11.8 Å². The molecule has 0 saturated heterocycles. The number of non-ortho nitro benzene ring substituents is 1. The minimum atomic E-state index is -0.445. The summed E-state index contributed by atoms with van der Waals surface area (Å²) in [5, 5.41) is 10.3. The molecule has 0 aliphatic rings. The number of nitro groups is 1. The summed E-state index contributed by atoms with van der Waals surface area (Å²) in [5.41, 5.74) is 1.74. The van der Waals surface area contributed by atoms with Crippen LogP contribution in [0.3, 0.4) is 0 Å². The van der Waals surface area contributed by atoms with Crippen molar-refractivity contribution >= 4 is 23.4 Å². The van der Waals surface area contributed by atoms with E-state index in [9.17, 15) is 14.9 Å². The lowest BCUT2D eigenvalue weighted by molar-refractivity contribution is -0.384. The first-order valence-electron chi connectivity index (χ1n) is 8.72. The number of carbonyl (C=O) groups excluding carboxylic acids is 1. The highest BCUT2D eigenvalue weighted by Crippen LogP contribution is 2.25. The molecule has 0 N–H and O–H groups in total. The Morgan fingerprint density at radius 3 is 2.43 bits per heavy atom. The van der Waals surface area contributed by atoms with Gasteiger partial charge in [0.25, 0.3) is 11.6 Å². The fraction of sp³-hybridized carbons (Fsp3) is 0.143. The quantitative estimate of drug-likeness (QED) is 0.360. The highest BCUT2D eigenvalue weighted by Gasteiger charge is 2.14. The van der Waals surface area contributed by atoms with Crippen LogP contribution in [0.1, 0.15) is 12.5 Å². The molecular formula is C21H19N3O3S. The molecule has 2 aromatic carbocycles. The highest BCUT2D eigenvalue weighted by molar-refractivity contribution is 8.00. The molecule has 3 rings (SSSR count). The summed E-state index contributed by atoms with van der Waals surface area (Å²) in [6, 6.07) is 21.7.